The Labute approximate surface area is 117 Å². The zero-order valence-electron chi connectivity index (χ0n) is 10.6. The summed E-state index contributed by atoms with van der Waals surface area (Å²) in [5, 5.41) is 9.01. The van der Waals surface area contributed by atoms with Crippen LogP contribution in [-0.2, 0) is 12.5 Å². The van der Waals surface area contributed by atoms with Gasteiger partial charge in [0.1, 0.15) is 12.4 Å². The van der Waals surface area contributed by atoms with Crippen molar-refractivity contribution in [2.24, 2.45) is 0 Å². The third kappa shape index (κ3) is 3.24. The minimum Gasteiger partial charge on any atom is -0.487 e. The molecule has 19 heavy (non-hydrogen) atoms. The molecule has 3 nitrogen and oxygen atoms in total. The molecule has 0 radical (unpaired) electrons. The van der Waals surface area contributed by atoms with Crippen LogP contribution >= 0.6 is 11.6 Å². The highest BCUT2D eigenvalue weighted by Gasteiger charge is 2.07. The highest BCUT2D eigenvalue weighted by Crippen LogP contribution is 2.20. The summed E-state index contributed by atoms with van der Waals surface area (Å²) in [5.74, 6) is 0.963. The Hall–Kier alpha value is -2.05. The number of aryl methyl sites for hydroxylation is 1. The van der Waals surface area contributed by atoms with Crippen LogP contribution in [0.15, 0.2) is 36.4 Å². The number of nitrogens with zero attached hydrogens (tertiary/aromatic N) is 2. The first kappa shape index (κ1) is 13.4. The van der Waals surface area contributed by atoms with Gasteiger partial charge in [-0.05, 0) is 25.1 Å². The number of rotatable bonds is 4. The predicted octanol–water partition coefficient (Wildman–Crippen LogP) is 3.58. The van der Waals surface area contributed by atoms with Crippen molar-refractivity contribution < 1.29 is 4.74 Å². The number of alkyl halides is 1. The maximum Gasteiger partial charge on any atom is 0.142 e. The number of ether oxygens (including phenoxy) is 1. The zero-order valence-corrected chi connectivity index (χ0v) is 11.3. The third-order valence-corrected chi connectivity index (χ3v) is 2.97. The van der Waals surface area contributed by atoms with Gasteiger partial charge in [0.2, 0.25) is 0 Å². The number of aromatic nitrogens is 1. The quantitative estimate of drug-likeness (QED) is 0.799. The van der Waals surface area contributed by atoms with Crippen molar-refractivity contribution in [1.29, 1.82) is 5.26 Å². The maximum atomic E-state index is 9.01. The lowest BCUT2D eigenvalue weighted by molar-refractivity contribution is 0.301. The molecule has 0 amide bonds. The van der Waals surface area contributed by atoms with E-state index in [-0.39, 0.29) is 0 Å². The van der Waals surface area contributed by atoms with Crippen LogP contribution in [0.1, 0.15) is 22.5 Å². The molecule has 1 aromatic heterocycles. The van der Waals surface area contributed by atoms with Crippen LogP contribution in [0.25, 0.3) is 0 Å². The number of nitriles is 1. The number of benzene rings is 1. The average Bonchev–Trinajstić information content (AvgIpc) is 2.46. The SMILES string of the molecule is Cc1ccc(OCc2ccccc2C#N)c(CCl)n1. The van der Waals surface area contributed by atoms with E-state index < -0.39 is 0 Å². The molecule has 0 aliphatic rings. The van der Waals surface area contributed by atoms with Crippen molar-refractivity contribution in [3.63, 3.8) is 0 Å². The van der Waals surface area contributed by atoms with Gasteiger partial charge in [-0.15, -0.1) is 11.6 Å². The first-order valence-electron chi connectivity index (χ1n) is 5.88. The fraction of sp³-hybridized carbons (Fsp3) is 0.200. The average molecular weight is 273 g/mol. The maximum absolute atomic E-state index is 9.01. The van der Waals surface area contributed by atoms with Gasteiger partial charge in [0.05, 0.1) is 23.2 Å². The van der Waals surface area contributed by atoms with Gasteiger partial charge in [0, 0.05) is 11.3 Å². The lowest BCUT2D eigenvalue weighted by Gasteiger charge is -2.10. The van der Waals surface area contributed by atoms with Gasteiger partial charge >= 0.3 is 0 Å². The van der Waals surface area contributed by atoms with Crippen molar-refractivity contribution in [2.45, 2.75) is 19.4 Å². The second kappa shape index (κ2) is 6.21. The normalized spacial score (nSPS) is 9.95. The van der Waals surface area contributed by atoms with E-state index in [4.69, 9.17) is 21.6 Å². The summed E-state index contributed by atoms with van der Waals surface area (Å²) in [6.07, 6.45) is 0. The largest absolute Gasteiger partial charge is 0.487 e. The van der Waals surface area contributed by atoms with Gasteiger partial charge in [-0.25, -0.2) is 0 Å². The molecule has 0 bridgehead atoms. The zero-order chi connectivity index (χ0) is 13.7. The van der Waals surface area contributed by atoms with E-state index in [1.165, 1.54) is 0 Å². The summed E-state index contributed by atoms with van der Waals surface area (Å²) in [6, 6.07) is 13.2. The van der Waals surface area contributed by atoms with Gasteiger partial charge in [0.15, 0.2) is 0 Å². The topological polar surface area (TPSA) is 45.9 Å². The summed E-state index contributed by atoms with van der Waals surface area (Å²) in [6.45, 7) is 2.24. The molecule has 0 unspecified atom stereocenters. The van der Waals surface area contributed by atoms with Gasteiger partial charge in [-0.2, -0.15) is 5.26 Å². The first-order valence-corrected chi connectivity index (χ1v) is 6.41. The lowest BCUT2D eigenvalue weighted by atomic mass is 10.1. The molecular weight excluding hydrogens is 260 g/mol. The summed E-state index contributed by atoms with van der Waals surface area (Å²) in [7, 11) is 0. The second-order valence-electron chi connectivity index (χ2n) is 4.09. The standard InChI is InChI=1S/C15H13ClN2O/c1-11-6-7-15(14(8-16)18-11)19-10-13-5-3-2-4-12(13)9-17/h2-7H,8,10H2,1H3. The van der Waals surface area contributed by atoms with Crippen molar-refractivity contribution in [3.8, 4) is 11.8 Å². The molecule has 0 saturated carbocycles. The summed E-state index contributed by atoms with van der Waals surface area (Å²) in [5.41, 5.74) is 3.10. The Bertz CT molecular complexity index is 620. The van der Waals surface area contributed by atoms with Crippen molar-refractivity contribution >= 4 is 11.6 Å². The van der Waals surface area contributed by atoms with Gasteiger partial charge in [-0.1, -0.05) is 18.2 Å². The Morgan fingerprint density at radius 1 is 1.26 bits per heavy atom. The number of hydrogen-bond acceptors (Lipinski definition) is 3. The Morgan fingerprint density at radius 3 is 2.79 bits per heavy atom. The molecule has 1 heterocycles. The molecule has 0 N–H and O–H groups in total. The van der Waals surface area contributed by atoms with Crippen LogP contribution in [0.3, 0.4) is 0 Å². The molecule has 0 saturated heterocycles. The summed E-state index contributed by atoms with van der Waals surface area (Å²) < 4.78 is 5.71. The van der Waals surface area contributed by atoms with Crippen LogP contribution in [-0.4, -0.2) is 4.98 Å². The van der Waals surface area contributed by atoms with E-state index in [0.717, 1.165) is 17.0 Å². The van der Waals surface area contributed by atoms with Crippen molar-refractivity contribution in [1.82, 2.24) is 4.98 Å². The van der Waals surface area contributed by atoms with Crippen LogP contribution in [0.4, 0.5) is 0 Å². The predicted molar refractivity (Wildman–Crippen MR) is 74.0 cm³/mol. The van der Waals surface area contributed by atoms with Crippen molar-refractivity contribution in [3.05, 3.63) is 58.9 Å². The van der Waals surface area contributed by atoms with E-state index >= 15 is 0 Å². The summed E-state index contributed by atoms with van der Waals surface area (Å²) >= 11 is 5.85. The molecule has 2 aromatic rings. The minimum atomic E-state index is 0.302. The molecule has 0 fully saturated rings. The van der Waals surface area contributed by atoms with Crippen LogP contribution in [0.5, 0.6) is 5.75 Å². The number of pyridine rings is 1. The van der Waals surface area contributed by atoms with Gasteiger partial charge in [-0.3, -0.25) is 4.98 Å². The molecule has 0 aliphatic heterocycles. The fourth-order valence-electron chi connectivity index (χ4n) is 1.74. The van der Waals surface area contributed by atoms with Crippen LogP contribution in [0, 0.1) is 18.3 Å². The third-order valence-electron chi connectivity index (χ3n) is 2.72. The van der Waals surface area contributed by atoms with Crippen LogP contribution in [0.2, 0.25) is 0 Å². The van der Waals surface area contributed by atoms with Crippen molar-refractivity contribution in [2.75, 3.05) is 0 Å². The Morgan fingerprint density at radius 2 is 2.05 bits per heavy atom. The molecule has 0 aliphatic carbocycles. The molecular formula is C15H13ClN2O. The highest BCUT2D eigenvalue weighted by atomic mass is 35.5. The smallest absolute Gasteiger partial charge is 0.142 e. The molecule has 96 valence electrons. The molecule has 0 spiro atoms. The number of halogens is 1. The monoisotopic (exact) mass is 272 g/mol. The van der Waals surface area contributed by atoms with E-state index in [2.05, 4.69) is 11.1 Å². The molecule has 1 aromatic carbocycles. The van der Waals surface area contributed by atoms with E-state index in [9.17, 15) is 0 Å². The highest BCUT2D eigenvalue weighted by molar-refractivity contribution is 6.17. The second-order valence-corrected chi connectivity index (χ2v) is 4.36. The molecule has 4 heteroatoms. The Kier molecular flexibility index (Phi) is 4.38. The molecule has 2 rings (SSSR count). The van der Waals surface area contributed by atoms with Crippen LogP contribution < -0.4 is 4.74 Å². The Balaban J connectivity index is 2.17. The lowest BCUT2D eigenvalue weighted by Crippen LogP contribution is -2.01. The summed E-state index contributed by atoms with van der Waals surface area (Å²) in [4.78, 5) is 4.32. The minimum absolute atomic E-state index is 0.302. The first-order chi connectivity index (χ1) is 9.24. The molecule has 0 atom stereocenters. The number of hydrogen-bond donors (Lipinski definition) is 0. The van der Waals surface area contributed by atoms with Gasteiger partial charge < -0.3 is 4.74 Å². The van der Waals surface area contributed by atoms with Gasteiger partial charge in [0.25, 0.3) is 0 Å². The van der Waals surface area contributed by atoms with E-state index in [1.54, 1.807) is 6.07 Å². The fourth-order valence-corrected chi connectivity index (χ4v) is 1.93. The van der Waals surface area contributed by atoms with E-state index in [0.29, 0.717) is 23.8 Å². The van der Waals surface area contributed by atoms with E-state index in [1.807, 2.05) is 37.3 Å².